The highest BCUT2D eigenvalue weighted by Gasteiger charge is 2.13. The third-order valence-corrected chi connectivity index (χ3v) is 5.42. The number of benzene rings is 1. The summed E-state index contributed by atoms with van der Waals surface area (Å²) in [5.41, 5.74) is 2.44. The number of hydrogen-bond acceptors (Lipinski definition) is 2. The van der Waals surface area contributed by atoms with Crippen molar-refractivity contribution in [3.8, 4) is 0 Å². The van der Waals surface area contributed by atoms with Gasteiger partial charge in [-0.2, -0.15) is 0 Å². The number of aromatic nitrogens is 2. The average Bonchev–Trinajstić information content (AvgIpc) is 2.86. The Morgan fingerprint density at radius 2 is 1.84 bits per heavy atom. The van der Waals surface area contributed by atoms with Crippen molar-refractivity contribution < 1.29 is 4.39 Å². The maximum atomic E-state index is 13.0. The quantitative estimate of drug-likeness (QED) is 0.640. The van der Waals surface area contributed by atoms with E-state index >= 15 is 0 Å². The summed E-state index contributed by atoms with van der Waals surface area (Å²) in [6.07, 6.45) is 5.41. The maximum Gasteiger partial charge on any atom is 0.166 e. The monoisotopic (exact) mass is 381 g/mol. The minimum atomic E-state index is -0.184. The Balaban J connectivity index is 1.44. The Kier molecular flexibility index (Phi) is 6.15. The fourth-order valence-corrected chi connectivity index (χ4v) is 3.68. The molecule has 0 bridgehead atoms. The van der Waals surface area contributed by atoms with Crippen LogP contribution in [-0.2, 0) is 6.54 Å². The van der Waals surface area contributed by atoms with Gasteiger partial charge in [-0.1, -0.05) is 41.4 Å². The van der Waals surface area contributed by atoms with Crippen molar-refractivity contribution in [3.05, 3.63) is 57.9 Å². The Hall–Kier alpha value is -1.36. The second kappa shape index (κ2) is 8.35. The summed E-state index contributed by atoms with van der Waals surface area (Å²) in [6.45, 7) is 5.81. The van der Waals surface area contributed by atoms with E-state index in [0.29, 0.717) is 10.3 Å². The van der Waals surface area contributed by atoms with Crippen LogP contribution >= 0.6 is 23.2 Å². The summed E-state index contributed by atoms with van der Waals surface area (Å²) in [4.78, 5) is 6.62. The van der Waals surface area contributed by atoms with Crippen LogP contribution in [0.25, 0.3) is 5.57 Å². The summed E-state index contributed by atoms with van der Waals surface area (Å²) >= 11 is 12.1. The van der Waals surface area contributed by atoms with Crippen molar-refractivity contribution in [3.63, 3.8) is 0 Å². The Morgan fingerprint density at radius 1 is 1.12 bits per heavy atom. The fraction of sp³-hybridized carbons (Fsp3) is 0.421. The lowest BCUT2D eigenvalue weighted by Gasteiger charge is -2.26. The van der Waals surface area contributed by atoms with Crippen molar-refractivity contribution in [2.75, 3.05) is 19.6 Å². The summed E-state index contributed by atoms with van der Waals surface area (Å²) in [5.74, 6) is 0.677. The summed E-state index contributed by atoms with van der Waals surface area (Å²) in [6, 6.07) is 6.77. The first kappa shape index (κ1) is 18.4. The molecule has 0 N–H and O–H groups in total. The molecule has 0 fully saturated rings. The Morgan fingerprint density at radius 3 is 2.44 bits per heavy atom. The van der Waals surface area contributed by atoms with Crippen LogP contribution in [0.15, 0.2) is 30.3 Å². The lowest BCUT2D eigenvalue weighted by molar-refractivity contribution is 0.292. The highest BCUT2D eigenvalue weighted by atomic mass is 35.5. The van der Waals surface area contributed by atoms with Gasteiger partial charge in [0.25, 0.3) is 0 Å². The third kappa shape index (κ3) is 4.63. The molecule has 6 heteroatoms. The van der Waals surface area contributed by atoms with Crippen molar-refractivity contribution in [1.29, 1.82) is 0 Å². The van der Waals surface area contributed by atoms with Gasteiger partial charge in [0.2, 0.25) is 0 Å². The molecule has 0 saturated carbocycles. The van der Waals surface area contributed by atoms with Gasteiger partial charge >= 0.3 is 0 Å². The molecule has 1 aromatic heterocycles. The third-order valence-electron chi connectivity index (χ3n) is 4.67. The maximum absolute atomic E-state index is 13.0. The molecule has 2 heterocycles. The molecule has 1 aliphatic rings. The van der Waals surface area contributed by atoms with E-state index < -0.39 is 0 Å². The van der Waals surface area contributed by atoms with E-state index in [1.807, 2.05) is 23.6 Å². The molecule has 0 radical (unpaired) electrons. The predicted octanol–water partition coefficient (Wildman–Crippen LogP) is 5.21. The van der Waals surface area contributed by atoms with Gasteiger partial charge in [-0.3, -0.25) is 4.90 Å². The smallest absolute Gasteiger partial charge is 0.166 e. The van der Waals surface area contributed by atoms with Crippen LogP contribution in [0.2, 0.25) is 10.3 Å². The topological polar surface area (TPSA) is 21.1 Å². The van der Waals surface area contributed by atoms with Crippen molar-refractivity contribution in [1.82, 2.24) is 14.5 Å². The number of unbranched alkanes of at least 4 members (excludes halogenated alkanes) is 1. The highest BCUT2D eigenvalue weighted by Crippen LogP contribution is 2.24. The second-order valence-electron chi connectivity index (χ2n) is 6.39. The van der Waals surface area contributed by atoms with Crippen molar-refractivity contribution in [2.45, 2.75) is 32.7 Å². The fourth-order valence-electron chi connectivity index (χ4n) is 3.21. The number of nitrogens with zero attached hydrogens (tertiary/aromatic N) is 3. The number of hydrogen-bond donors (Lipinski definition) is 0. The van der Waals surface area contributed by atoms with E-state index in [1.54, 1.807) is 0 Å². The molecule has 0 atom stereocenters. The van der Waals surface area contributed by atoms with Gasteiger partial charge in [0.1, 0.15) is 16.8 Å². The van der Waals surface area contributed by atoms with E-state index in [1.165, 1.54) is 17.7 Å². The summed E-state index contributed by atoms with van der Waals surface area (Å²) in [5, 5.41) is 0.915. The molecule has 0 aliphatic carbocycles. The molecule has 25 heavy (non-hydrogen) atoms. The molecular weight excluding hydrogens is 360 g/mol. The number of rotatable bonds is 6. The molecule has 2 aromatic rings. The minimum Gasteiger partial charge on any atom is -0.318 e. The van der Waals surface area contributed by atoms with Gasteiger partial charge < -0.3 is 4.57 Å². The molecule has 0 saturated heterocycles. The van der Waals surface area contributed by atoms with Gasteiger partial charge in [0, 0.05) is 19.6 Å². The zero-order chi connectivity index (χ0) is 17.8. The van der Waals surface area contributed by atoms with Crippen LogP contribution < -0.4 is 0 Å². The molecular formula is C19H22Cl2FN3. The molecule has 1 aliphatic heterocycles. The van der Waals surface area contributed by atoms with E-state index in [-0.39, 0.29) is 5.82 Å². The molecule has 3 rings (SSSR count). The van der Waals surface area contributed by atoms with Crippen LogP contribution in [0.4, 0.5) is 4.39 Å². The SMILES string of the molecule is Cc1nc(Cl)c(Cl)n1CCCCN1CC=C(c2ccc(F)cc2)CC1. The number of imidazole rings is 1. The van der Waals surface area contributed by atoms with Gasteiger partial charge in [0.15, 0.2) is 5.15 Å². The second-order valence-corrected chi connectivity index (χ2v) is 7.10. The van der Waals surface area contributed by atoms with Gasteiger partial charge in [-0.15, -0.1) is 0 Å². The first-order chi connectivity index (χ1) is 12.0. The van der Waals surface area contributed by atoms with E-state index in [2.05, 4.69) is 16.0 Å². The Labute approximate surface area is 158 Å². The number of halogens is 3. The lowest BCUT2D eigenvalue weighted by atomic mass is 9.99. The van der Waals surface area contributed by atoms with Gasteiger partial charge in [0.05, 0.1) is 0 Å². The van der Waals surface area contributed by atoms with Crippen LogP contribution in [0, 0.1) is 12.7 Å². The first-order valence-corrected chi connectivity index (χ1v) is 9.35. The van der Waals surface area contributed by atoms with Crippen molar-refractivity contribution >= 4 is 28.8 Å². The lowest BCUT2D eigenvalue weighted by Crippen LogP contribution is -2.29. The van der Waals surface area contributed by atoms with E-state index in [9.17, 15) is 4.39 Å². The van der Waals surface area contributed by atoms with Crippen LogP contribution in [-0.4, -0.2) is 34.1 Å². The normalized spacial score (nSPS) is 15.4. The van der Waals surface area contributed by atoms with Crippen LogP contribution in [0.3, 0.4) is 0 Å². The molecule has 134 valence electrons. The van der Waals surface area contributed by atoms with E-state index in [0.717, 1.165) is 56.8 Å². The molecule has 0 amide bonds. The van der Waals surface area contributed by atoms with Crippen LogP contribution in [0.1, 0.15) is 30.7 Å². The van der Waals surface area contributed by atoms with E-state index in [4.69, 9.17) is 23.2 Å². The molecule has 3 nitrogen and oxygen atoms in total. The number of aryl methyl sites for hydroxylation is 1. The zero-order valence-corrected chi connectivity index (χ0v) is 15.8. The average molecular weight is 382 g/mol. The summed E-state index contributed by atoms with van der Waals surface area (Å²) in [7, 11) is 0. The van der Waals surface area contributed by atoms with Crippen LogP contribution in [0.5, 0.6) is 0 Å². The van der Waals surface area contributed by atoms with Gasteiger partial charge in [-0.25, -0.2) is 9.37 Å². The first-order valence-electron chi connectivity index (χ1n) is 8.60. The summed E-state index contributed by atoms with van der Waals surface area (Å²) < 4.78 is 15.0. The predicted molar refractivity (Wildman–Crippen MR) is 102 cm³/mol. The highest BCUT2D eigenvalue weighted by molar-refractivity contribution is 6.40. The standard InChI is InChI=1S/C19H22Cl2FN3/c1-14-23-18(20)19(21)25(14)11-3-2-10-24-12-8-16(9-13-24)15-4-6-17(22)7-5-15/h4-8H,2-3,9-13H2,1H3. The minimum absolute atomic E-state index is 0.184. The van der Waals surface area contributed by atoms with Crippen molar-refractivity contribution in [2.24, 2.45) is 0 Å². The molecule has 0 spiro atoms. The zero-order valence-electron chi connectivity index (χ0n) is 14.3. The Bertz CT molecular complexity index is 753. The molecule has 1 aromatic carbocycles. The molecule has 0 unspecified atom stereocenters. The van der Waals surface area contributed by atoms with Gasteiger partial charge in [-0.05, 0) is 56.0 Å². The largest absolute Gasteiger partial charge is 0.318 e.